The van der Waals surface area contributed by atoms with Crippen molar-refractivity contribution in [2.24, 2.45) is 11.7 Å². The number of rotatable bonds is 5. The maximum Gasteiger partial charge on any atom is 0.228 e. The highest BCUT2D eigenvalue weighted by atomic mass is 79.9. The Hall–Kier alpha value is -0.890. The van der Waals surface area contributed by atoms with Crippen LogP contribution in [-0.4, -0.2) is 40.8 Å². The van der Waals surface area contributed by atoms with Crippen LogP contribution >= 0.6 is 40.7 Å². The molecule has 1 fully saturated rings. The zero-order valence-electron chi connectivity index (χ0n) is 14.1. The van der Waals surface area contributed by atoms with Crippen LogP contribution < -0.4 is 11.1 Å². The molecule has 2 rings (SSSR count). The van der Waals surface area contributed by atoms with Gasteiger partial charge in [0.1, 0.15) is 5.82 Å². The standard InChI is InChI=1S/C16H23BrN4O2.2ClH/c1-11(18)2-5-15(22)21-8-6-12(7-9-21)16(23)20-14-4-3-13(17)10-19-14;;/h3-4,10-12H,2,5-9,18H2,1H3,(H,19,20,23);2*1H. The number of piperidine rings is 1. The van der Waals surface area contributed by atoms with Crippen LogP contribution in [0.3, 0.4) is 0 Å². The van der Waals surface area contributed by atoms with Gasteiger partial charge in [0.15, 0.2) is 0 Å². The molecule has 1 atom stereocenters. The summed E-state index contributed by atoms with van der Waals surface area (Å²) >= 11 is 3.31. The molecule has 1 aliphatic rings. The van der Waals surface area contributed by atoms with Crippen molar-refractivity contribution in [3.63, 3.8) is 0 Å². The molecule has 1 aromatic heterocycles. The minimum atomic E-state index is -0.0714. The van der Waals surface area contributed by atoms with Gasteiger partial charge in [-0.2, -0.15) is 0 Å². The second-order valence-corrected chi connectivity index (χ2v) is 6.94. The van der Waals surface area contributed by atoms with E-state index in [9.17, 15) is 9.59 Å². The van der Waals surface area contributed by atoms with Crippen LogP contribution in [-0.2, 0) is 9.59 Å². The van der Waals surface area contributed by atoms with Crippen LogP contribution in [0, 0.1) is 5.92 Å². The maximum atomic E-state index is 12.3. The molecule has 3 N–H and O–H groups in total. The molecule has 0 bridgehead atoms. The van der Waals surface area contributed by atoms with E-state index in [4.69, 9.17) is 5.73 Å². The van der Waals surface area contributed by atoms with Crippen molar-refractivity contribution in [1.29, 1.82) is 0 Å². The van der Waals surface area contributed by atoms with Gasteiger partial charge in [0.2, 0.25) is 11.8 Å². The smallest absolute Gasteiger partial charge is 0.228 e. The number of halogens is 3. The van der Waals surface area contributed by atoms with Crippen molar-refractivity contribution in [2.75, 3.05) is 18.4 Å². The Morgan fingerprint density at radius 3 is 2.52 bits per heavy atom. The van der Waals surface area contributed by atoms with E-state index in [1.807, 2.05) is 17.9 Å². The van der Waals surface area contributed by atoms with E-state index in [1.165, 1.54) is 0 Å². The Kier molecular flexibility index (Phi) is 11.3. The van der Waals surface area contributed by atoms with Crippen LogP contribution in [0.4, 0.5) is 5.82 Å². The zero-order chi connectivity index (χ0) is 16.8. The molecular weight excluding hydrogens is 431 g/mol. The molecule has 0 saturated carbocycles. The largest absolute Gasteiger partial charge is 0.343 e. The van der Waals surface area contributed by atoms with Crippen LogP contribution in [0.5, 0.6) is 0 Å². The zero-order valence-corrected chi connectivity index (χ0v) is 17.3. The Morgan fingerprint density at radius 1 is 1.36 bits per heavy atom. The number of nitrogens with zero attached hydrogens (tertiary/aromatic N) is 2. The molecular formula is C16H25BrCl2N4O2. The van der Waals surface area contributed by atoms with E-state index in [2.05, 4.69) is 26.2 Å². The number of hydrogen-bond donors (Lipinski definition) is 2. The predicted octanol–water partition coefficient (Wildman–Crippen LogP) is 2.99. The van der Waals surface area contributed by atoms with Gasteiger partial charge in [0, 0.05) is 42.1 Å². The average molecular weight is 456 g/mol. The molecule has 0 radical (unpaired) electrons. The lowest BCUT2D eigenvalue weighted by atomic mass is 9.95. The van der Waals surface area contributed by atoms with E-state index < -0.39 is 0 Å². The van der Waals surface area contributed by atoms with Gasteiger partial charge in [-0.1, -0.05) is 0 Å². The first-order valence-corrected chi connectivity index (χ1v) is 8.71. The molecule has 1 unspecified atom stereocenters. The summed E-state index contributed by atoms with van der Waals surface area (Å²) in [5.74, 6) is 0.588. The van der Waals surface area contributed by atoms with Crippen molar-refractivity contribution >= 4 is 58.4 Å². The quantitative estimate of drug-likeness (QED) is 0.714. The molecule has 9 heteroatoms. The molecule has 1 aliphatic heterocycles. The normalized spacial score (nSPS) is 15.6. The monoisotopic (exact) mass is 454 g/mol. The number of anilines is 1. The van der Waals surface area contributed by atoms with Gasteiger partial charge in [-0.15, -0.1) is 24.8 Å². The second kappa shape index (κ2) is 11.7. The number of nitrogens with one attached hydrogen (secondary N) is 1. The summed E-state index contributed by atoms with van der Waals surface area (Å²) in [5, 5.41) is 2.83. The first-order valence-electron chi connectivity index (χ1n) is 7.91. The number of hydrogen-bond acceptors (Lipinski definition) is 4. The highest BCUT2D eigenvalue weighted by Gasteiger charge is 2.27. The summed E-state index contributed by atoms with van der Waals surface area (Å²) in [5.41, 5.74) is 5.68. The summed E-state index contributed by atoms with van der Waals surface area (Å²) in [4.78, 5) is 30.3. The minimum Gasteiger partial charge on any atom is -0.343 e. The van der Waals surface area contributed by atoms with Crippen LogP contribution in [0.15, 0.2) is 22.8 Å². The van der Waals surface area contributed by atoms with Crippen LogP contribution in [0.25, 0.3) is 0 Å². The molecule has 25 heavy (non-hydrogen) atoms. The molecule has 1 aromatic rings. The molecule has 142 valence electrons. The fourth-order valence-corrected chi connectivity index (χ4v) is 2.81. The van der Waals surface area contributed by atoms with E-state index >= 15 is 0 Å². The second-order valence-electron chi connectivity index (χ2n) is 6.02. The van der Waals surface area contributed by atoms with E-state index in [0.717, 1.165) is 4.47 Å². The van der Waals surface area contributed by atoms with E-state index in [-0.39, 0.29) is 48.6 Å². The number of aromatic nitrogens is 1. The van der Waals surface area contributed by atoms with Gasteiger partial charge in [0.25, 0.3) is 0 Å². The topological polar surface area (TPSA) is 88.3 Å². The summed E-state index contributed by atoms with van der Waals surface area (Å²) in [6, 6.07) is 3.64. The number of carbonyl (C=O) groups excluding carboxylic acids is 2. The molecule has 0 aliphatic carbocycles. The number of pyridine rings is 1. The summed E-state index contributed by atoms with van der Waals surface area (Å²) in [7, 11) is 0. The van der Waals surface area contributed by atoms with Gasteiger partial charge in [-0.3, -0.25) is 9.59 Å². The van der Waals surface area contributed by atoms with Gasteiger partial charge in [-0.25, -0.2) is 4.98 Å². The predicted molar refractivity (Wildman–Crippen MR) is 107 cm³/mol. The van der Waals surface area contributed by atoms with Gasteiger partial charge in [-0.05, 0) is 54.2 Å². The molecule has 1 saturated heterocycles. The lowest BCUT2D eigenvalue weighted by Gasteiger charge is -2.31. The Bertz CT molecular complexity index is 550. The van der Waals surface area contributed by atoms with Crippen molar-refractivity contribution in [1.82, 2.24) is 9.88 Å². The third-order valence-corrected chi connectivity index (χ3v) is 4.48. The Balaban J connectivity index is 0.00000288. The third-order valence-electron chi connectivity index (χ3n) is 4.01. The van der Waals surface area contributed by atoms with Gasteiger partial charge in [0.05, 0.1) is 0 Å². The molecule has 0 aromatic carbocycles. The Labute approximate surface area is 169 Å². The SMILES string of the molecule is CC(N)CCC(=O)N1CCC(C(=O)Nc2ccc(Br)cn2)CC1.Cl.Cl. The highest BCUT2D eigenvalue weighted by molar-refractivity contribution is 9.10. The number of nitrogens with two attached hydrogens (primary N) is 1. The fourth-order valence-electron chi connectivity index (χ4n) is 2.58. The maximum absolute atomic E-state index is 12.3. The fraction of sp³-hybridized carbons (Fsp3) is 0.562. The Morgan fingerprint density at radius 2 is 2.00 bits per heavy atom. The molecule has 2 heterocycles. The van der Waals surface area contributed by atoms with Gasteiger partial charge < -0.3 is 16.0 Å². The number of likely N-dealkylation sites (tertiary alicyclic amines) is 1. The molecule has 6 nitrogen and oxygen atoms in total. The van der Waals surface area contributed by atoms with Crippen molar-refractivity contribution in [3.05, 3.63) is 22.8 Å². The highest BCUT2D eigenvalue weighted by Crippen LogP contribution is 2.20. The van der Waals surface area contributed by atoms with E-state index in [1.54, 1.807) is 12.3 Å². The van der Waals surface area contributed by atoms with E-state index in [0.29, 0.717) is 44.6 Å². The van der Waals surface area contributed by atoms with Crippen LogP contribution in [0.2, 0.25) is 0 Å². The van der Waals surface area contributed by atoms with Crippen molar-refractivity contribution in [2.45, 2.75) is 38.6 Å². The minimum absolute atomic E-state index is 0. The molecule has 0 spiro atoms. The first kappa shape index (κ1) is 24.1. The lowest BCUT2D eigenvalue weighted by molar-refractivity contribution is -0.134. The number of amides is 2. The first-order chi connectivity index (χ1) is 11.0. The summed E-state index contributed by atoms with van der Waals surface area (Å²) < 4.78 is 0.870. The van der Waals surface area contributed by atoms with Gasteiger partial charge >= 0.3 is 0 Å². The molecule has 2 amide bonds. The third kappa shape index (κ3) is 7.90. The lowest BCUT2D eigenvalue weighted by Crippen LogP contribution is -2.41. The summed E-state index contributed by atoms with van der Waals surface area (Å²) in [6.07, 6.45) is 4.21. The average Bonchev–Trinajstić information content (AvgIpc) is 2.55. The van der Waals surface area contributed by atoms with Crippen molar-refractivity contribution < 1.29 is 9.59 Å². The number of carbonyl (C=O) groups is 2. The van der Waals surface area contributed by atoms with Crippen molar-refractivity contribution in [3.8, 4) is 0 Å². The van der Waals surface area contributed by atoms with Crippen LogP contribution in [0.1, 0.15) is 32.6 Å². The summed E-state index contributed by atoms with van der Waals surface area (Å²) in [6.45, 7) is 3.16.